The normalized spacial score (nSPS) is 10.9. The summed E-state index contributed by atoms with van der Waals surface area (Å²) in [4.78, 5) is 29.1. The van der Waals surface area contributed by atoms with Crippen LogP contribution in [0, 0.1) is 0 Å². The molecule has 0 aliphatic heterocycles. The van der Waals surface area contributed by atoms with Crippen LogP contribution in [0.25, 0.3) is 0 Å². The number of nitrogen functional groups attached to an aromatic ring is 1. The number of benzene rings is 1. The smallest absolute Gasteiger partial charge is 0.283 e. The summed E-state index contributed by atoms with van der Waals surface area (Å²) in [5, 5.41) is 4.10. The molecule has 0 saturated heterocycles. The molecule has 0 atom stereocenters. The van der Waals surface area contributed by atoms with Crippen molar-refractivity contribution in [1.82, 2.24) is 10.4 Å². The Bertz CT molecular complexity index is 833. The average Bonchev–Trinajstić information content (AvgIpc) is 3.09. The van der Waals surface area contributed by atoms with Gasteiger partial charge in [-0.2, -0.15) is 5.10 Å². The van der Waals surface area contributed by atoms with Crippen LogP contribution in [0.1, 0.15) is 65.3 Å². The molecule has 150 valence electrons. The second kappa shape index (κ2) is 11.2. The van der Waals surface area contributed by atoms with E-state index in [1.54, 1.807) is 18.2 Å². The molecule has 7 nitrogen and oxygen atoms in total. The predicted molar refractivity (Wildman–Crippen MR) is 112 cm³/mol. The summed E-state index contributed by atoms with van der Waals surface area (Å²) in [5.41, 5.74) is 9.03. The molecule has 1 amide bonds. The highest BCUT2D eigenvalue weighted by molar-refractivity contribution is 7.17. The zero-order valence-corrected chi connectivity index (χ0v) is 17.1. The highest BCUT2D eigenvalue weighted by Crippen LogP contribution is 2.21. The number of ether oxygens (including phenoxy) is 1. The molecule has 2 aromatic rings. The van der Waals surface area contributed by atoms with E-state index in [0.717, 1.165) is 36.8 Å². The van der Waals surface area contributed by atoms with E-state index in [9.17, 15) is 9.59 Å². The van der Waals surface area contributed by atoms with E-state index in [4.69, 9.17) is 10.5 Å². The van der Waals surface area contributed by atoms with Crippen molar-refractivity contribution in [3.8, 4) is 5.75 Å². The Morgan fingerprint density at radius 2 is 2.04 bits per heavy atom. The van der Waals surface area contributed by atoms with Crippen LogP contribution in [-0.4, -0.2) is 29.5 Å². The van der Waals surface area contributed by atoms with Gasteiger partial charge in [-0.15, -0.1) is 0 Å². The number of nitrogens with two attached hydrogens (primary N) is 1. The van der Waals surface area contributed by atoms with Crippen molar-refractivity contribution < 1.29 is 14.3 Å². The van der Waals surface area contributed by atoms with Crippen LogP contribution in [0.4, 0.5) is 5.13 Å². The highest BCUT2D eigenvalue weighted by Gasteiger charge is 2.16. The van der Waals surface area contributed by atoms with E-state index in [1.165, 1.54) is 6.42 Å². The summed E-state index contributed by atoms with van der Waals surface area (Å²) >= 11 is 1.10. The van der Waals surface area contributed by atoms with Crippen LogP contribution in [0.3, 0.4) is 0 Å². The van der Waals surface area contributed by atoms with Gasteiger partial charge in [0.1, 0.15) is 10.6 Å². The van der Waals surface area contributed by atoms with Crippen molar-refractivity contribution in [1.29, 1.82) is 0 Å². The predicted octanol–water partition coefficient (Wildman–Crippen LogP) is 3.85. The zero-order valence-electron chi connectivity index (χ0n) is 16.2. The number of rotatable bonds is 11. The molecular formula is C20H26N4O3S. The summed E-state index contributed by atoms with van der Waals surface area (Å²) in [6.07, 6.45) is 6.03. The van der Waals surface area contributed by atoms with Gasteiger partial charge in [-0.25, -0.2) is 10.4 Å². The summed E-state index contributed by atoms with van der Waals surface area (Å²) in [5.74, 6) is -0.259. The van der Waals surface area contributed by atoms with Gasteiger partial charge in [0.25, 0.3) is 5.91 Å². The number of unbranched alkanes of at least 4 members (excludes halogenated alkanes) is 3. The number of carbonyl (C=O) groups excluding carboxylic acids is 2. The maximum Gasteiger partial charge on any atom is 0.283 e. The molecule has 3 N–H and O–H groups in total. The van der Waals surface area contributed by atoms with Crippen molar-refractivity contribution in [3.05, 3.63) is 40.4 Å². The summed E-state index contributed by atoms with van der Waals surface area (Å²) < 4.78 is 5.74. The lowest BCUT2D eigenvalue weighted by Crippen LogP contribution is -2.19. The number of aromatic nitrogens is 1. The minimum Gasteiger partial charge on any atom is -0.493 e. The van der Waals surface area contributed by atoms with Crippen LogP contribution in [0.5, 0.6) is 5.75 Å². The number of thiazole rings is 1. The monoisotopic (exact) mass is 402 g/mol. The van der Waals surface area contributed by atoms with Crippen molar-refractivity contribution in [2.24, 2.45) is 5.10 Å². The number of carbonyl (C=O) groups is 2. The van der Waals surface area contributed by atoms with E-state index in [-0.39, 0.29) is 5.78 Å². The van der Waals surface area contributed by atoms with Crippen LogP contribution in [-0.2, 0) is 6.42 Å². The molecule has 0 fully saturated rings. The van der Waals surface area contributed by atoms with Crippen molar-refractivity contribution in [3.63, 3.8) is 0 Å². The fraction of sp³-hybridized carbons (Fsp3) is 0.400. The molecule has 0 saturated carbocycles. The molecule has 0 bridgehead atoms. The standard InChI is InChI=1S/C20H26N4O3S/c1-3-5-6-9-12-27-17-11-8-7-10-14(17)16(25)13-22-24-19(26)18-15(4-2)23-20(21)28-18/h7-8,10-11,13H,3-6,9,12H2,1-2H3,(H2,21,23)(H,24,26)/b22-13-. The number of Topliss-reactive ketones (excluding diaryl/α,β-unsaturated/α-hetero) is 1. The van der Waals surface area contributed by atoms with Crippen LogP contribution in [0.15, 0.2) is 29.4 Å². The number of para-hydroxylation sites is 1. The van der Waals surface area contributed by atoms with Gasteiger partial charge in [0, 0.05) is 0 Å². The largest absolute Gasteiger partial charge is 0.493 e. The summed E-state index contributed by atoms with van der Waals surface area (Å²) in [6, 6.07) is 7.01. The van der Waals surface area contributed by atoms with Gasteiger partial charge in [0.2, 0.25) is 5.78 Å². The first-order valence-corrected chi connectivity index (χ1v) is 10.2. The quantitative estimate of drug-likeness (QED) is 0.257. The maximum atomic E-state index is 12.4. The number of ketones is 1. The fourth-order valence-electron chi connectivity index (χ4n) is 2.56. The molecule has 8 heteroatoms. The molecule has 0 unspecified atom stereocenters. The third kappa shape index (κ3) is 6.16. The molecule has 28 heavy (non-hydrogen) atoms. The number of hydrogen-bond acceptors (Lipinski definition) is 7. The van der Waals surface area contributed by atoms with Gasteiger partial charge in [0.05, 0.1) is 24.1 Å². The molecule has 0 aliphatic carbocycles. The Labute approximate surface area is 169 Å². The lowest BCUT2D eigenvalue weighted by atomic mass is 10.1. The van der Waals surface area contributed by atoms with Crippen LogP contribution < -0.4 is 15.9 Å². The van der Waals surface area contributed by atoms with Crippen LogP contribution in [0.2, 0.25) is 0 Å². The average molecular weight is 403 g/mol. The summed E-state index contributed by atoms with van der Waals surface area (Å²) in [7, 11) is 0. The SMILES string of the molecule is CCCCCCOc1ccccc1C(=O)/C=N\NC(=O)c1sc(N)nc1CC. The lowest BCUT2D eigenvalue weighted by molar-refractivity contribution is 0.0958. The van der Waals surface area contributed by atoms with E-state index in [1.807, 2.05) is 13.0 Å². The number of nitrogens with zero attached hydrogens (tertiary/aromatic N) is 2. The first kappa shape index (κ1) is 21.6. The maximum absolute atomic E-state index is 12.4. The number of anilines is 1. The number of aryl methyl sites for hydroxylation is 1. The van der Waals surface area contributed by atoms with Crippen molar-refractivity contribution >= 4 is 34.4 Å². The van der Waals surface area contributed by atoms with Crippen molar-refractivity contribution in [2.45, 2.75) is 46.0 Å². The molecule has 1 heterocycles. The Balaban J connectivity index is 1.95. The lowest BCUT2D eigenvalue weighted by Gasteiger charge is -2.09. The van der Waals surface area contributed by atoms with E-state index in [2.05, 4.69) is 22.4 Å². The molecule has 1 aromatic heterocycles. The van der Waals surface area contributed by atoms with Crippen molar-refractivity contribution in [2.75, 3.05) is 12.3 Å². The minimum absolute atomic E-state index is 0.326. The van der Waals surface area contributed by atoms with E-state index in [0.29, 0.717) is 40.0 Å². The van der Waals surface area contributed by atoms with E-state index >= 15 is 0 Å². The van der Waals surface area contributed by atoms with Crippen LogP contribution >= 0.6 is 11.3 Å². The number of amides is 1. The molecule has 1 aromatic carbocycles. The van der Waals surface area contributed by atoms with Gasteiger partial charge < -0.3 is 10.5 Å². The molecule has 2 rings (SSSR count). The Kier molecular flexibility index (Phi) is 8.61. The Hall–Kier alpha value is -2.74. The molecule has 0 spiro atoms. The van der Waals surface area contributed by atoms with Gasteiger partial charge in [-0.05, 0) is 25.0 Å². The topological polar surface area (TPSA) is 107 Å². The van der Waals surface area contributed by atoms with E-state index < -0.39 is 5.91 Å². The van der Waals surface area contributed by atoms with Gasteiger partial charge in [0.15, 0.2) is 5.13 Å². The van der Waals surface area contributed by atoms with Gasteiger partial charge >= 0.3 is 0 Å². The highest BCUT2D eigenvalue weighted by atomic mass is 32.1. The fourth-order valence-corrected chi connectivity index (χ4v) is 3.38. The zero-order chi connectivity index (χ0) is 20.4. The third-order valence-electron chi connectivity index (χ3n) is 4.01. The number of nitrogens with one attached hydrogen (secondary N) is 1. The molecule has 0 aliphatic rings. The first-order valence-electron chi connectivity index (χ1n) is 9.41. The molecular weight excluding hydrogens is 376 g/mol. The second-order valence-electron chi connectivity index (χ2n) is 6.15. The Morgan fingerprint density at radius 1 is 1.25 bits per heavy atom. The van der Waals surface area contributed by atoms with Gasteiger partial charge in [-0.1, -0.05) is 56.6 Å². The number of hydrogen-bond donors (Lipinski definition) is 2. The first-order chi connectivity index (χ1) is 13.6. The summed E-state index contributed by atoms with van der Waals surface area (Å²) in [6.45, 7) is 4.60. The Morgan fingerprint density at radius 3 is 2.79 bits per heavy atom. The molecule has 0 radical (unpaired) electrons. The minimum atomic E-state index is -0.435. The van der Waals surface area contributed by atoms with Gasteiger partial charge in [-0.3, -0.25) is 9.59 Å². The number of hydrazone groups is 1. The second-order valence-corrected chi connectivity index (χ2v) is 7.18. The third-order valence-corrected chi connectivity index (χ3v) is 4.94.